The Hall–Kier alpha value is -4.81. The Labute approximate surface area is 271 Å². The molecular formula is C37H44N6O3. The van der Waals surface area contributed by atoms with Crippen molar-refractivity contribution in [2.45, 2.75) is 57.2 Å². The van der Waals surface area contributed by atoms with Crippen molar-refractivity contribution in [3.8, 4) is 11.8 Å². The molecule has 1 saturated heterocycles. The molecule has 9 nitrogen and oxygen atoms in total. The Bertz CT molecular complexity index is 1750. The Morgan fingerprint density at radius 2 is 2.04 bits per heavy atom. The molecule has 46 heavy (non-hydrogen) atoms. The third-order valence-corrected chi connectivity index (χ3v) is 9.15. The average molecular weight is 621 g/mol. The maximum Gasteiger partial charge on any atom is 0.255 e. The number of hydrogen-bond acceptors (Lipinski definition) is 6. The standard InChI is InChI=1S/C37H44N6O3/c1-39-36(45)35(13-8-22-44)43-25-31-27(10-6-11-30(31)37(43)46)9-4-5-20-41(2)29-17-14-26(15-18-29)16-19-32-28(24-38)23-33(40-32)34-12-7-21-42(34)3/h6,10-11,14-15,17-19,22-24,34-35,40H,5,7-8,12-13,16,20-21,25,38H2,1-3H3,(H,39,45)/b28-24-,32-19+. The van der Waals surface area contributed by atoms with Gasteiger partial charge in [-0.15, -0.1) is 0 Å². The summed E-state index contributed by atoms with van der Waals surface area (Å²) in [7, 11) is 5.77. The van der Waals surface area contributed by atoms with Crippen LogP contribution in [0.2, 0.25) is 0 Å². The minimum absolute atomic E-state index is 0.202. The number of benzene rings is 2. The van der Waals surface area contributed by atoms with E-state index in [-0.39, 0.29) is 24.7 Å². The number of aromatic nitrogens is 1. The van der Waals surface area contributed by atoms with Crippen molar-refractivity contribution in [2.24, 2.45) is 5.73 Å². The molecule has 2 unspecified atom stereocenters. The Kier molecular flexibility index (Phi) is 10.6. The maximum atomic E-state index is 13.2. The van der Waals surface area contributed by atoms with Crippen LogP contribution in [0.1, 0.15) is 70.9 Å². The molecule has 2 atom stereocenters. The smallest absolute Gasteiger partial charge is 0.255 e. The van der Waals surface area contributed by atoms with Crippen LogP contribution in [0.5, 0.6) is 0 Å². The van der Waals surface area contributed by atoms with Crippen molar-refractivity contribution in [2.75, 3.05) is 39.1 Å². The molecule has 4 N–H and O–H groups in total. The van der Waals surface area contributed by atoms with Crippen molar-refractivity contribution in [3.05, 3.63) is 87.0 Å². The molecule has 0 bridgehead atoms. The summed E-state index contributed by atoms with van der Waals surface area (Å²) in [5.41, 5.74) is 11.7. The highest BCUT2D eigenvalue weighted by molar-refractivity contribution is 6.01. The van der Waals surface area contributed by atoms with Crippen LogP contribution in [-0.4, -0.2) is 73.2 Å². The van der Waals surface area contributed by atoms with E-state index in [2.05, 4.69) is 82.4 Å². The van der Waals surface area contributed by atoms with E-state index >= 15 is 0 Å². The number of anilines is 1. The minimum atomic E-state index is -0.694. The predicted molar refractivity (Wildman–Crippen MR) is 182 cm³/mol. The number of nitrogens with one attached hydrogen (secondary N) is 2. The largest absolute Gasteiger partial charge is 0.404 e. The van der Waals surface area contributed by atoms with Crippen LogP contribution in [0, 0.1) is 11.8 Å². The predicted octanol–water partition coefficient (Wildman–Crippen LogP) is 2.43. The van der Waals surface area contributed by atoms with Crippen LogP contribution in [0.25, 0.3) is 12.3 Å². The third-order valence-electron chi connectivity index (χ3n) is 9.15. The van der Waals surface area contributed by atoms with E-state index in [1.807, 2.05) is 12.1 Å². The van der Waals surface area contributed by atoms with Gasteiger partial charge in [0, 0.05) is 85.3 Å². The highest BCUT2D eigenvalue weighted by atomic mass is 16.2. The molecule has 0 spiro atoms. The first-order valence-electron chi connectivity index (χ1n) is 16.0. The topological polar surface area (TPSA) is 115 Å². The van der Waals surface area contributed by atoms with Crippen LogP contribution in [0.3, 0.4) is 0 Å². The van der Waals surface area contributed by atoms with Gasteiger partial charge in [-0.1, -0.05) is 36.1 Å². The minimum Gasteiger partial charge on any atom is -0.404 e. The molecule has 2 aliphatic heterocycles. The van der Waals surface area contributed by atoms with Crippen LogP contribution in [-0.2, 0) is 22.6 Å². The zero-order valence-electron chi connectivity index (χ0n) is 27.0. The molecule has 5 rings (SSSR count). The molecule has 9 heteroatoms. The fraction of sp³-hybridized carbons (Fsp3) is 0.378. The van der Waals surface area contributed by atoms with E-state index in [0.717, 1.165) is 53.2 Å². The Morgan fingerprint density at radius 1 is 1.24 bits per heavy atom. The highest BCUT2D eigenvalue weighted by Gasteiger charge is 2.36. The van der Waals surface area contributed by atoms with E-state index in [1.165, 1.54) is 31.1 Å². The molecular weight excluding hydrogens is 576 g/mol. The molecule has 1 aromatic heterocycles. The maximum absolute atomic E-state index is 13.2. The molecule has 0 aliphatic carbocycles. The summed E-state index contributed by atoms with van der Waals surface area (Å²) >= 11 is 0. The summed E-state index contributed by atoms with van der Waals surface area (Å²) in [4.78, 5) is 46.4. The number of likely N-dealkylation sites (tertiary alicyclic amines) is 1. The lowest BCUT2D eigenvalue weighted by Crippen LogP contribution is -2.46. The van der Waals surface area contributed by atoms with Crippen molar-refractivity contribution in [1.29, 1.82) is 0 Å². The quantitative estimate of drug-likeness (QED) is 0.224. The third kappa shape index (κ3) is 7.19. The monoisotopic (exact) mass is 620 g/mol. The number of likely N-dealkylation sites (N-methyl/N-ethyl adjacent to an activating group) is 1. The SMILES string of the molecule is CNC(=O)C(CCC=O)N1Cc2c(C#CCCN(C)c3ccc(C/C=c4/[nH]c(C5CCCN5C)c/c4=C/N)cc3)cccc2C1=O. The van der Waals surface area contributed by atoms with Gasteiger partial charge in [0.25, 0.3) is 5.91 Å². The second kappa shape index (κ2) is 15.0. The zero-order chi connectivity index (χ0) is 32.6. The zero-order valence-corrected chi connectivity index (χ0v) is 27.0. The summed E-state index contributed by atoms with van der Waals surface area (Å²) in [5.74, 6) is 6.06. The van der Waals surface area contributed by atoms with Gasteiger partial charge in [-0.25, -0.2) is 0 Å². The van der Waals surface area contributed by atoms with Gasteiger partial charge in [0.05, 0.1) is 0 Å². The number of H-pyrrole nitrogens is 1. The van der Waals surface area contributed by atoms with Crippen LogP contribution < -0.4 is 26.5 Å². The summed E-state index contributed by atoms with van der Waals surface area (Å²) < 4.78 is 0. The average Bonchev–Trinajstić information content (AvgIpc) is 3.79. The summed E-state index contributed by atoms with van der Waals surface area (Å²) in [6.45, 7) is 2.17. The van der Waals surface area contributed by atoms with Gasteiger partial charge < -0.3 is 30.6 Å². The number of hydrogen-bond donors (Lipinski definition) is 3. The second-order valence-electron chi connectivity index (χ2n) is 12.1. The van der Waals surface area contributed by atoms with Crippen LogP contribution >= 0.6 is 0 Å². The first kappa shape index (κ1) is 32.6. The lowest BCUT2D eigenvalue weighted by atomic mass is 10.0. The molecule has 2 amide bonds. The van der Waals surface area contributed by atoms with E-state index in [0.29, 0.717) is 24.6 Å². The highest BCUT2D eigenvalue weighted by Crippen LogP contribution is 2.29. The number of carbonyl (C=O) groups is 3. The van der Waals surface area contributed by atoms with Gasteiger partial charge in [0.1, 0.15) is 12.3 Å². The number of nitrogens with two attached hydrogens (primary N) is 1. The normalized spacial score (nSPS) is 17.5. The van der Waals surface area contributed by atoms with Gasteiger partial charge in [-0.05, 0) is 80.7 Å². The molecule has 0 saturated carbocycles. The molecule has 240 valence electrons. The second-order valence-corrected chi connectivity index (χ2v) is 12.1. The first-order valence-corrected chi connectivity index (χ1v) is 16.0. The van der Waals surface area contributed by atoms with Gasteiger partial charge in [0.15, 0.2) is 0 Å². The van der Waals surface area contributed by atoms with Crippen molar-refractivity contribution in [1.82, 2.24) is 20.1 Å². The van der Waals surface area contributed by atoms with Crippen LogP contribution in [0.4, 0.5) is 5.69 Å². The Morgan fingerprint density at radius 3 is 2.74 bits per heavy atom. The lowest BCUT2D eigenvalue weighted by Gasteiger charge is -2.25. The van der Waals surface area contributed by atoms with E-state index in [4.69, 9.17) is 5.73 Å². The molecule has 3 aromatic rings. The molecule has 1 fully saturated rings. The number of rotatable bonds is 11. The van der Waals surface area contributed by atoms with E-state index in [9.17, 15) is 14.4 Å². The molecule has 2 aliphatic rings. The molecule has 2 aromatic carbocycles. The van der Waals surface area contributed by atoms with Gasteiger partial charge in [-0.2, -0.15) is 0 Å². The number of aromatic amines is 1. The van der Waals surface area contributed by atoms with Gasteiger partial charge >= 0.3 is 0 Å². The van der Waals surface area contributed by atoms with Crippen molar-refractivity contribution >= 4 is 36.1 Å². The number of nitrogens with zero attached hydrogens (tertiary/aromatic N) is 3. The van der Waals surface area contributed by atoms with Crippen molar-refractivity contribution < 1.29 is 14.4 Å². The number of carbonyl (C=O) groups excluding carboxylic acids is 3. The van der Waals surface area contributed by atoms with Gasteiger partial charge in [0.2, 0.25) is 5.91 Å². The number of fused-ring (bicyclic) bond motifs is 1. The van der Waals surface area contributed by atoms with Gasteiger partial charge in [-0.3, -0.25) is 14.5 Å². The van der Waals surface area contributed by atoms with Crippen LogP contribution in [0.15, 0.2) is 48.5 Å². The Balaban J connectivity index is 1.19. The lowest BCUT2D eigenvalue weighted by molar-refractivity contribution is -0.125. The number of aldehydes is 1. The number of amides is 2. The summed E-state index contributed by atoms with van der Waals surface area (Å²) in [6.07, 6.45) is 9.00. The van der Waals surface area contributed by atoms with Crippen molar-refractivity contribution in [3.63, 3.8) is 0 Å². The summed E-state index contributed by atoms with van der Waals surface area (Å²) in [6, 6.07) is 16.0. The van der Waals surface area contributed by atoms with E-state index in [1.54, 1.807) is 17.2 Å². The first-order chi connectivity index (χ1) is 22.3. The molecule has 0 radical (unpaired) electrons. The fourth-order valence-corrected chi connectivity index (χ4v) is 6.46. The molecule has 3 heterocycles. The van der Waals surface area contributed by atoms with E-state index < -0.39 is 6.04 Å². The fourth-order valence-electron chi connectivity index (χ4n) is 6.46. The summed E-state index contributed by atoms with van der Waals surface area (Å²) in [5, 5.41) is 4.73.